The molecule has 32 heavy (non-hydrogen) atoms. The van der Waals surface area contributed by atoms with Crippen molar-refractivity contribution in [1.82, 2.24) is 9.71 Å². The average molecular weight is 460 g/mol. The second-order valence-electron chi connectivity index (χ2n) is 9.08. The molecule has 1 aliphatic carbocycles. The van der Waals surface area contributed by atoms with E-state index in [0.717, 1.165) is 25.7 Å². The molecule has 1 unspecified atom stereocenters. The number of aromatic nitrogens is 1. The molecule has 2 atom stereocenters. The smallest absolute Gasteiger partial charge is 0.208 e. The number of aromatic hydroxyl groups is 1. The second kappa shape index (κ2) is 10.2. The zero-order valence-electron chi connectivity index (χ0n) is 18.6. The summed E-state index contributed by atoms with van der Waals surface area (Å²) in [4.78, 5) is 6.47. The molecular weight excluding hydrogens is 426 g/mol. The molecule has 2 aromatic rings. The highest BCUT2D eigenvalue weighted by Crippen LogP contribution is 2.34. The van der Waals surface area contributed by atoms with Gasteiger partial charge >= 0.3 is 0 Å². The molecule has 2 heterocycles. The van der Waals surface area contributed by atoms with Gasteiger partial charge < -0.3 is 14.7 Å². The van der Waals surface area contributed by atoms with E-state index >= 15 is 0 Å². The van der Waals surface area contributed by atoms with Crippen LogP contribution in [0.1, 0.15) is 43.6 Å². The van der Waals surface area contributed by atoms with Gasteiger partial charge in [0.25, 0.3) is 0 Å². The lowest BCUT2D eigenvalue weighted by Crippen LogP contribution is -2.52. The molecule has 1 saturated heterocycles. The fourth-order valence-electron chi connectivity index (χ4n) is 4.97. The summed E-state index contributed by atoms with van der Waals surface area (Å²) in [5.74, 6) is 1.48. The monoisotopic (exact) mass is 459 g/mol. The summed E-state index contributed by atoms with van der Waals surface area (Å²) in [5.41, 5.74) is 1.41. The van der Waals surface area contributed by atoms with Gasteiger partial charge in [-0.25, -0.2) is 18.1 Å². The Morgan fingerprint density at radius 2 is 1.88 bits per heavy atom. The zero-order chi connectivity index (χ0) is 22.6. The molecule has 0 amide bonds. The largest absolute Gasteiger partial charge is 0.508 e. The fourth-order valence-corrected chi connectivity index (χ4v) is 5.83. The minimum absolute atomic E-state index is 0.00877. The summed E-state index contributed by atoms with van der Waals surface area (Å²) in [6, 6.07) is 13.7. The first-order valence-corrected chi connectivity index (χ1v) is 13.3. The van der Waals surface area contributed by atoms with Crippen molar-refractivity contribution in [3.05, 3.63) is 54.2 Å². The van der Waals surface area contributed by atoms with Crippen LogP contribution in [0, 0.1) is 5.92 Å². The van der Waals surface area contributed by atoms with Crippen molar-refractivity contribution >= 4 is 15.8 Å². The van der Waals surface area contributed by atoms with Crippen LogP contribution in [0.4, 0.5) is 5.82 Å². The molecule has 1 saturated carbocycles. The van der Waals surface area contributed by atoms with E-state index in [1.807, 2.05) is 0 Å². The highest BCUT2D eigenvalue weighted by Gasteiger charge is 2.33. The number of pyridine rings is 1. The molecule has 7 nitrogen and oxygen atoms in total. The summed E-state index contributed by atoms with van der Waals surface area (Å²) in [7, 11) is -3.31. The first kappa shape index (κ1) is 23.0. The number of rotatable bonds is 7. The Morgan fingerprint density at radius 3 is 2.56 bits per heavy atom. The number of hydrogen-bond donors (Lipinski definition) is 2. The summed E-state index contributed by atoms with van der Waals surface area (Å²) in [6.45, 7) is 1.80. The zero-order valence-corrected chi connectivity index (χ0v) is 19.4. The van der Waals surface area contributed by atoms with Gasteiger partial charge in [-0.05, 0) is 49.7 Å². The number of benzene rings is 1. The van der Waals surface area contributed by atoms with E-state index in [2.05, 4.69) is 44.9 Å². The minimum atomic E-state index is -3.31. The third-order valence-electron chi connectivity index (χ3n) is 6.64. The molecule has 0 bridgehead atoms. The lowest BCUT2D eigenvalue weighted by atomic mass is 9.82. The van der Waals surface area contributed by atoms with E-state index in [-0.39, 0.29) is 23.8 Å². The third-order valence-corrected chi connectivity index (χ3v) is 7.37. The van der Waals surface area contributed by atoms with Gasteiger partial charge in [0.15, 0.2) is 0 Å². The Labute approximate surface area is 190 Å². The Balaban J connectivity index is 1.36. The SMILES string of the molecule is CS(=O)(=O)NC1CCN(c2cc(O)ccn2)C[C@H]1COC1CCC(c2ccccc2)CC1. The van der Waals surface area contributed by atoms with Crippen molar-refractivity contribution in [2.45, 2.75) is 50.2 Å². The number of anilines is 1. The van der Waals surface area contributed by atoms with Crippen LogP contribution in [-0.2, 0) is 14.8 Å². The van der Waals surface area contributed by atoms with Crippen molar-refractivity contribution in [2.75, 3.05) is 30.9 Å². The molecule has 2 N–H and O–H groups in total. The van der Waals surface area contributed by atoms with E-state index < -0.39 is 10.0 Å². The van der Waals surface area contributed by atoms with Gasteiger partial charge in [0.2, 0.25) is 10.0 Å². The van der Waals surface area contributed by atoms with Crippen LogP contribution in [0.2, 0.25) is 0 Å². The minimum Gasteiger partial charge on any atom is -0.508 e. The number of sulfonamides is 1. The quantitative estimate of drug-likeness (QED) is 0.660. The number of piperidine rings is 1. The first-order valence-electron chi connectivity index (χ1n) is 11.4. The maximum absolute atomic E-state index is 11.9. The number of hydrogen-bond acceptors (Lipinski definition) is 6. The van der Waals surface area contributed by atoms with Gasteiger partial charge in [-0.1, -0.05) is 30.3 Å². The van der Waals surface area contributed by atoms with E-state index in [9.17, 15) is 13.5 Å². The van der Waals surface area contributed by atoms with Crippen molar-refractivity contribution in [2.24, 2.45) is 5.92 Å². The number of nitrogens with one attached hydrogen (secondary N) is 1. The standard InChI is InChI=1S/C24H33N3O4S/c1-32(29,30)26-23-12-14-27(24-15-21(28)11-13-25-24)16-20(23)17-31-22-9-7-19(8-10-22)18-5-3-2-4-6-18/h2-6,11,13,15,19-20,22-23,26H,7-10,12,14,16-17H2,1H3,(H,25,28)/t19?,20-,22?,23?/m0/s1. The van der Waals surface area contributed by atoms with Gasteiger partial charge in [-0.2, -0.15) is 0 Å². The van der Waals surface area contributed by atoms with Gasteiger partial charge in [0, 0.05) is 37.3 Å². The van der Waals surface area contributed by atoms with Crippen LogP contribution < -0.4 is 9.62 Å². The molecule has 0 spiro atoms. The highest BCUT2D eigenvalue weighted by atomic mass is 32.2. The van der Waals surface area contributed by atoms with E-state index in [1.54, 1.807) is 18.3 Å². The van der Waals surface area contributed by atoms with Crippen LogP contribution in [0.25, 0.3) is 0 Å². The van der Waals surface area contributed by atoms with Crippen LogP contribution in [0.5, 0.6) is 5.75 Å². The molecule has 1 aromatic heterocycles. The van der Waals surface area contributed by atoms with Gasteiger partial charge in [0.1, 0.15) is 11.6 Å². The topological polar surface area (TPSA) is 91.8 Å². The lowest BCUT2D eigenvalue weighted by Gasteiger charge is -2.40. The molecule has 1 aliphatic heterocycles. The Kier molecular flexibility index (Phi) is 7.33. The fraction of sp³-hybridized carbons (Fsp3) is 0.542. The lowest BCUT2D eigenvalue weighted by molar-refractivity contribution is -0.00213. The van der Waals surface area contributed by atoms with Crippen LogP contribution >= 0.6 is 0 Å². The Morgan fingerprint density at radius 1 is 1.12 bits per heavy atom. The summed E-state index contributed by atoms with van der Waals surface area (Å²) in [6.07, 6.45) is 7.94. The third kappa shape index (κ3) is 6.21. The van der Waals surface area contributed by atoms with Crippen molar-refractivity contribution in [3.8, 4) is 5.75 Å². The van der Waals surface area contributed by atoms with Crippen molar-refractivity contribution in [3.63, 3.8) is 0 Å². The van der Waals surface area contributed by atoms with E-state index in [1.165, 1.54) is 11.8 Å². The Hall–Kier alpha value is -2.16. The molecule has 1 aromatic carbocycles. The van der Waals surface area contributed by atoms with Crippen molar-refractivity contribution in [1.29, 1.82) is 0 Å². The summed E-state index contributed by atoms with van der Waals surface area (Å²) in [5, 5.41) is 9.81. The van der Waals surface area contributed by atoms with Gasteiger partial charge in [-0.15, -0.1) is 0 Å². The van der Waals surface area contributed by atoms with Gasteiger partial charge in [0.05, 0.1) is 19.0 Å². The molecule has 8 heteroatoms. The van der Waals surface area contributed by atoms with Crippen LogP contribution in [-0.4, -0.2) is 56.6 Å². The van der Waals surface area contributed by atoms with E-state index in [0.29, 0.717) is 37.9 Å². The molecule has 4 rings (SSSR count). The maximum Gasteiger partial charge on any atom is 0.208 e. The number of nitrogens with zero attached hydrogens (tertiary/aromatic N) is 2. The maximum atomic E-state index is 11.9. The summed E-state index contributed by atoms with van der Waals surface area (Å²) < 4.78 is 32.9. The normalized spacial score (nSPS) is 26.7. The Bertz CT molecular complexity index is 978. The summed E-state index contributed by atoms with van der Waals surface area (Å²) >= 11 is 0. The second-order valence-corrected chi connectivity index (χ2v) is 10.9. The van der Waals surface area contributed by atoms with Crippen molar-refractivity contribution < 1.29 is 18.3 Å². The molecule has 2 aliphatic rings. The van der Waals surface area contributed by atoms with E-state index in [4.69, 9.17) is 4.74 Å². The average Bonchev–Trinajstić information content (AvgIpc) is 2.78. The number of ether oxygens (including phenoxy) is 1. The van der Waals surface area contributed by atoms with Gasteiger partial charge in [-0.3, -0.25) is 0 Å². The predicted molar refractivity (Wildman–Crippen MR) is 125 cm³/mol. The predicted octanol–water partition coefficient (Wildman–Crippen LogP) is 3.27. The molecular formula is C24H33N3O4S. The van der Waals surface area contributed by atoms with Crippen LogP contribution in [0.15, 0.2) is 48.7 Å². The molecule has 2 fully saturated rings. The molecule has 0 radical (unpaired) electrons. The van der Waals surface area contributed by atoms with Crippen LogP contribution in [0.3, 0.4) is 0 Å². The first-order chi connectivity index (χ1) is 15.4. The highest BCUT2D eigenvalue weighted by molar-refractivity contribution is 7.88. The molecule has 174 valence electrons.